The van der Waals surface area contributed by atoms with Crippen molar-refractivity contribution in [3.63, 3.8) is 0 Å². The molecule has 0 aliphatic carbocycles. The van der Waals surface area contributed by atoms with Crippen LogP contribution in [0.25, 0.3) is 22.0 Å². The Morgan fingerprint density at radius 3 is 2.32 bits per heavy atom. The van der Waals surface area contributed by atoms with Crippen LogP contribution in [0.1, 0.15) is 31.7 Å². The number of benzene rings is 2. The Bertz CT molecular complexity index is 1110. The second-order valence-electron chi connectivity index (χ2n) is 6.91. The highest BCUT2D eigenvalue weighted by molar-refractivity contribution is 6.01. The molecular formula is C25H26N4O2. The van der Waals surface area contributed by atoms with Crippen LogP contribution < -0.4 is 5.32 Å². The Labute approximate surface area is 182 Å². The molecule has 0 atom stereocenters. The number of nitrogens with zero attached hydrogens (tertiary/aromatic N) is 3. The molecule has 31 heavy (non-hydrogen) atoms. The summed E-state index contributed by atoms with van der Waals surface area (Å²) in [7, 11) is 0. The van der Waals surface area contributed by atoms with Gasteiger partial charge in [0, 0.05) is 19.4 Å². The molecule has 0 unspecified atom stereocenters. The summed E-state index contributed by atoms with van der Waals surface area (Å²) in [5.41, 5.74) is 3.94. The zero-order valence-electron chi connectivity index (χ0n) is 17.8. The fraction of sp³-hybridized carbons (Fsp3) is 0.240. The fourth-order valence-corrected chi connectivity index (χ4v) is 3.47. The van der Waals surface area contributed by atoms with E-state index < -0.39 is 6.29 Å². The lowest BCUT2D eigenvalue weighted by Gasteiger charge is -2.19. The average Bonchev–Trinajstić information content (AvgIpc) is 2.83. The Kier molecular flexibility index (Phi) is 6.82. The molecule has 0 fully saturated rings. The molecule has 0 bridgehead atoms. The molecule has 2 aromatic heterocycles. The maximum atomic E-state index is 5.76. The summed E-state index contributed by atoms with van der Waals surface area (Å²) in [6.45, 7) is 5.42. The number of rotatable bonds is 9. The van der Waals surface area contributed by atoms with Gasteiger partial charge in [-0.2, -0.15) is 0 Å². The minimum absolute atomic E-state index is 0.505. The number of anilines is 1. The van der Waals surface area contributed by atoms with Crippen LogP contribution in [0.2, 0.25) is 0 Å². The van der Waals surface area contributed by atoms with E-state index in [1.807, 2.05) is 62.4 Å². The van der Waals surface area contributed by atoms with Crippen LogP contribution in [-0.2, 0) is 16.0 Å². The van der Waals surface area contributed by atoms with Crippen LogP contribution in [0, 0.1) is 0 Å². The highest BCUT2D eigenvalue weighted by atomic mass is 16.7. The summed E-state index contributed by atoms with van der Waals surface area (Å²) < 4.78 is 11.5. The summed E-state index contributed by atoms with van der Waals surface area (Å²) in [6, 6.07) is 22.2. The summed E-state index contributed by atoms with van der Waals surface area (Å²) in [5, 5.41) is 4.43. The number of aromatic nitrogens is 3. The number of hydrogen-bond acceptors (Lipinski definition) is 6. The maximum Gasteiger partial charge on any atom is 0.219 e. The van der Waals surface area contributed by atoms with E-state index >= 15 is 0 Å². The number of hydrogen-bond donors (Lipinski definition) is 1. The van der Waals surface area contributed by atoms with Crippen molar-refractivity contribution in [2.75, 3.05) is 18.5 Å². The van der Waals surface area contributed by atoms with Crippen LogP contribution in [0.5, 0.6) is 0 Å². The van der Waals surface area contributed by atoms with Crippen LogP contribution in [0.15, 0.2) is 72.9 Å². The van der Waals surface area contributed by atoms with Gasteiger partial charge in [0.05, 0.1) is 23.1 Å². The molecule has 158 valence electrons. The first-order valence-corrected chi connectivity index (χ1v) is 10.5. The largest absolute Gasteiger partial charge is 0.364 e. The third kappa shape index (κ3) is 4.87. The standard InChI is InChI=1S/C25H26N4O2/c1-3-30-25(31-4-2)24-28-21-15-10-14-20(18-11-6-5-7-12-18)22(21)23(29-24)27-17-19-13-8-9-16-26-19/h5-16,25H,3-4,17H2,1-2H3,(H,27,28,29). The van der Waals surface area contributed by atoms with Crippen LogP contribution in [0.3, 0.4) is 0 Å². The monoisotopic (exact) mass is 414 g/mol. The smallest absolute Gasteiger partial charge is 0.219 e. The first-order chi connectivity index (χ1) is 15.3. The van der Waals surface area contributed by atoms with Gasteiger partial charge < -0.3 is 14.8 Å². The van der Waals surface area contributed by atoms with Crippen molar-refractivity contribution in [3.05, 3.63) is 84.4 Å². The van der Waals surface area contributed by atoms with Crippen molar-refractivity contribution in [3.8, 4) is 11.1 Å². The van der Waals surface area contributed by atoms with Crippen molar-refractivity contribution in [1.82, 2.24) is 15.0 Å². The Morgan fingerprint density at radius 2 is 1.61 bits per heavy atom. The topological polar surface area (TPSA) is 69.2 Å². The minimum Gasteiger partial charge on any atom is -0.364 e. The Morgan fingerprint density at radius 1 is 0.839 bits per heavy atom. The van der Waals surface area contributed by atoms with Gasteiger partial charge in [0.15, 0.2) is 5.82 Å². The second kappa shape index (κ2) is 10.1. The maximum absolute atomic E-state index is 5.76. The van der Waals surface area contributed by atoms with E-state index in [9.17, 15) is 0 Å². The third-order valence-electron chi connectivity index (χ3n) is 4.84. The zero-order chi connectivity index (χ0) is 21.5. The summed E-state index contributed by atoms with van der Waals surface area (Å²) in [4.78, 5) is 14.1. The number of nitrogens with one attached hydrogen (secondary N) is 1. The molecule has 1 N–H and O–H groups in total. The van der Waals surface area contributed by atoms with Gasteiger partial charge >= 0.3 is 0 Å². The van der Waals surface area contributed by atoms with Gasteiger partial charge in [-0.15, -0.1) is 0 Å². The highest BCUT2D eigenvalue weighted by Gasteiger charge is 2.20. The average molecular weight is 415 g/mol. The lowest BCUT2D eigenvalue weighted by molar-refractivity contribution is -0.145. The predicted molar refractivity (Wildman–Crippen MR) is 123 cm³/mol. The van der Waals surface area contributed by atoms with Crippen molar-refractivity contribution < 1.29 is 9.47 Å². The SMILES string of the molecule is CCOC(OCC)c1nc(NCc2ccccn2)c2c(-c3ccccc3)cccc2n1. The number of ether oxygens (including phenoxy) is 2. The summed E-state index contributed by atoms with van der Waals surface area (Å²) in [6.07, 6.45) is 1.17. The van der Waals surface area contributed by atoms with Crippen molar-refractivity contribution in [2.24, 2.45) is 0 Å². The first-order valence-electron chi connectivity index (χ1n) is 10.5. The Balaban J connectivity index is 1.84. The molecule has 6 heteroatoms. The molecule has 4 aromatic rings. The first kappa shape index (κ1) is 20.9. The van der Waals surface area contributed by atoms with Crippen molar-refractivity contribution >= 4 is 16.7 Å². The van der Waals surface area contributed by atoms with Crippen LogP contribution in [-0.4, -0.2) is 28.2 Å². The van der Waals surface area contributed by atoms with Crippen molar-refractivity contribution in [1.29, 1.82) is 0 Å². The minimum atomic E-state index is -0.616. The van der Waals surface area contributed by atoms with Crippen molar-refractivity contribution in [2.45, 2.75) is 26.7 Å². The van der Waals surface area contributed by atoms with E-state index in [0.717, 1.165) is 33.5 Å². The third-order valence-corrected chi connectivity index (χ3v) is 4.84. The quantitative estimate of drug-likeness (QED) is 0.371. The lowest BCUT2D eigenvalue weighted by atomic mass is 10.0. The molecule has 0 aliphatic heterocycles. The molecule has 6 nitrogen and oxygen atoms in total. The van der Waals surface area contributed by atoms with Gasteiger partial charge in [-0.25, -0.2) is 9.97 Å². The van der Waals surface area contributed by atoms with E-state index in [1.54, 1.807) is 6.20 Å². The van der Waals surface area contributed by atoms with Gasteiger partial charge in [0.1, 0.15) is 5.82 Å². The molecule has 0 spiro atoms. The van der Waals surface area contributed by atoms with Gasteiger partial charge in [-0.05, 0) is 43.2 Å². The van der Waals surface area contributed by atoms with Gasteiger partial charge in [-0.1, -0.05) is 48.5 Å². The molecule has 2 heterocycles. The van der Waals surface area contributed by atoms with Gasteiger partial charge in [0.25, 0.3) is 0 Å². The number of pyridine rings is 1. The normalized spacial score (nSPS) is 11.2. The zero-order valence-corrected chi connectivity index (χ0v) is 17.8. The van der Waals surface area contributed by atoms with Gasteiger partial charge in [0.2, 0.25) is 6.29 Å². The summed E-state index contributed by atoms with van der Waals surface area (Å²) >= 11 is 0. The molecule has 0 saturated heterocycles. The second-order valence-corrected chi connectivity index (χ2v) is 6.91. The van der Waals surface area contributed by atoms with E-state index in [2.05, 4.69) is 28.5 Å². The van der Waals surface area contributed by atoms with E-state index in [-0.39, 0.29) is 0 Å². The molecule has 0 radical (unpaired) electrons. The highest BCUT2D eigenvalue weighted by Crippen LogP contribution is 2.33. The van der Waals surface area contributed by atoms with E-state index in [0.29, 0.717) is 25.6 Å². The molecule has 0 amide bonds. The molecule has 0 aliphatic rings. The Hall–Kier alpha value is -3.35. The molecule has 2 aromatic carbocycles. The molecule has 4 rings (SSSR count). The lowest BCUT2D eigenvalue weighted by Crippen LogP contribution is -2.15. The fourth-order valence-electron chi connectivity index (χ4n) is 3.47. The number of fused-ring (bicyclic) bond motifs is 1. The van der Waals surface area contributed by atoms with Crippen LogP contribution >= 0.6 is 0 Å². The summed E-state index contributed by atoms with van der Waals surface area (Å²) in [5.74, 6) is 1.24. The van der Waals surface area contributed by atoms with Gasteiger partial charge in [-0.3, -0.25) is 4.98 Å². The predicted octanol–water partition coefficient (Wildman–Crippen LogP) is 5.38. The van der Waals surface area contributed by atoms with E-state index in [1.165, 1.54) is 0 Å². The van der Waals surface area contributed by atoms with Crippen LogP contribution in [0.4, 0.5) is 5.82 Å². The van der Waals surface area contributed by atoms with E-state index in [4.69, 9.17) is 19.4 Å². The molecular weight excluding hydrogens is 388 g/mol. The molecule has 0 saturated carbocycles.